The smallest absolute Gasteiger partial charge is 0.250 e. The second kappa shape index (κ2) is 4.45. The Labute approximate surface area is 111 Å². The molecular formula is C8H6Cl4N2O2. The van der Waals surface area contributed by atoms with Crippen LogP contribution in [-0.2, 0) is 9.59 Å². The normalized spacial score (nSPS) is 24.0. The zero-order valence-electron chi connectivity index (χ0n) is 7.64. The molecule has 1 unspecified atom stereocenters. The minimum Gasteiger partial charge on any atom is -0.369 e. The molecule has 0 aromatic rings. The second-order valence-electron chi connectivity index (χ2n) is 3.09. The summed E-state index contributed by atoms with van der Waals surface area (Å²) in [6, 6.07) is 0. The van der Waals surface area contributed by atoms with Gasteiger partial charge in [-0.2, -0.15) is 0 Å². The van der Waals surface area contributed by atoms with Crippen LogP contribution in [0.5, 0.6) is 0 Å². The predicted molar refractivity (Wildman–Crippen MR) is 63.1 cm³/mol. The van der Waals surface area contributed by atoms with Crippen molar-refractivity contribution in [2.45, 2.75) is 4.33 Å². The lowest BCUT2D eigenvalue weighted by Crippen LogP contribution is -2.39. The van der Waals surface area contributed by atoms with Crippen molar-refractivity contribution in [1.29, 1.82) is 0 Å². The van der Waals surface area contributed by atoms with E-state index in [0.29, 0.717) is 0 Å². The standard InChI is InChI=1S/C8H6Cl4N2O2/c9-4-2(6(13)15)1-8(11,12)3(5(4)10)7(14)16/h1,3H,(H2,13,15)(H2,14,16). The number of amides is 2. The van der Waals surface area contributed by atoms with E-state index in [-0.39, 0.29) is 15.6 Å². The van der Waals surface area contributed by atoms with E-state index < -0.39 is 22.1 Å². The third kappa shape index (κ3) is 2.30. The SMILES string of the molecule is NC(=O)C1=CC(Cl)(Cl)C(C(N)=O)C(Cl)=C1Cl. The summed E-state index contributed by atoms with van der Waals surface area (Å²) < 4.78 is -1.74. The lowest BCUT2D eigenvalue weighted by atomic mass is 9.94. The number of allylic oxidation sites excluding steroid dienone is 1. The molecule has 0 spiro atoms. The Balaban J connectivity index is 3.37. The van der Waals surface area contributed by atoms with Crippen LogP contribution in [0.25, 0.3) is 0 Å². The van der Waals surface area contributed by atoms with Crippen LogP contribution in [-0.4, -0.2) is 16.1 Å². The molecule has 8 heteroatoms. The van der Waals surface area contributed by atoms with Gasteiger partial charge >= 0.3 is 0 Å². The maximum absolute atomic E-state index is 11.1. The van der Waals surface area contributed by atoms with Gasteiger partial charge in [-0.3, -0.25) is 9.59 Å². The fourth-order valence-corrected chi connectivity index (χ4v) is 2.66. The van der Waals surface area contributed by atoms with Gasteiger partial charge in [0.1, 0.15) is 5.92 Å². The van der Waals surface area contributed by atoms with Gasteiger partial charge in [0.25, 0.3) is 0 Å². The first-order valence-electron chi connectivity index (χ1n) is 3.93. The molecule has 4 nitrogen and oxygen atoms in total. The van der Waals surface area contributed by atoms with E-state index in [2.05, 4.69) is 0 Å². The Morgan fingerprint density at radius 2 is 1.75 bits per heavy atom. The highest BCUT2D eigenvalue weighted by molar-refractivity contribution is 6.54. The van der Waals surface area contributed by atoms with Gasteiger partial charge in [-0.15, -0.1) is 0 Å². The van der Waals surface area contributed by atoms with Crippen molar-refractivity contribution in [2.75, 3.05) is 0 Å². The molecule has 1 atom stereocenters. The number of carbonyl (C=O) groups is 2. The van der Waals surface area contributed by atoms with Crippen molar-refractivity contribution >= 4 is 58.2 Å². The molecule has 0 saturated carbocycles. The third-order valence-corrected chi connectivity index (χ3v) is 3.54. The lowest BCUT2D eigenvalue weighted by molar-refractivity contribution is -0.121. The molecule has 2 amide bonds. The molecule has 0 heterocycles. The van der Waals surface area contributed by atoms with Crippen molar-refractivity contribution in [3.8, 4) is 0 Å². The Bertz CT molecular complexity index is 428. The van der Waals surface area contributed by atoms with Crippen molar-refractivity contribution in [3.05, 3.63) is 21.7 Å². The van der Waals surface area contributed by atoms with E-state index in [1.54, 1.807) is 0 Å². The van der Waals surface area contributed by atoms with Crippen LogP contribution in [0.2, 0.25) is 0 Å². The summed E-state index contributed by atoms with van der Waals surface area (Å²) in [7, 11) is 0. The summed E-state index contributed by atoms with van der Waals surface area (Å²) in [5, 5.41) is -0.370. The van der Waals surface area contributed by atoms with Gasteiger partial charge in [0.2, 0.25) is 11.8 Å². The van der Waals surface area contributed by atoms with Gasteiger partial charge < -0.3 is 11.5 Å². The van der Waals surface area contributed by atoms with Crippen LogP contribution >= 0.6 is 46.4 Å². The van der Waals surface area contributed by atoms with Crippen molar-refractivity contribution in [1.82, 2.24) is 0 Å². The molecule has 88 valence electrons. The van der Waals surface area contributed by atoms with Crippen molar-refractivity contribution < 1.29 is 9.59 Å². The van der Waals surface area contributed by atoms with E-state index in [0.717, 1.165) is 6.08 Å². The quantitative estimate of drug-likeness (QED) is 0.755. The van der Waals surface area contributed by atoms with Crippen LogP contribution in [0, 0.1) is 5.92 Å². The summed E-state index contributed by atoms with van der Waals surface area (Å²) in [4.78, 5) is 22.2. The minimum absolute atomic E-state index is 0.144. The number of halogens is 4. The van der Waals surface area contributed by atoms with E-state index in [4.69, 9.17) is 57.9 Å². The molecular weight excluding hydrogens is 298 g/mol. The first kappa shape index (κ1) is 13.6. The molecule has 0 aromatic carbocycles. The summed E-state index contributed by atoms with van der Waals surface area (Å²) >= 11 is 23.2. The fourth-order valence-electron chi connectivity index (χ4n) is 1.26. The number of alkyl halides is 2. The Kier molecular flexibility index (Phi) is 3.80. The van der Waals surface area contributed by atoms with Crippen LogP contribution in [0.1, 0.15) is 0 Å². The highest BCUT2D eigenvalue weighted by Crippen LogP contribution is 2.46. The zero-order valence-corrected chi connectivity index (χ0v) is 10.7. The molecule has 0 fully saturated rings. The second-order valence-corrected chi connectivity index (χ2v) is 5.32. The average molecular weight is 304 g/mol. The number of carbonyl (C=O) groups excluding carboxylic acids is 2. The maximum Gasteiger partial charge on any atom is 0.250 e. The molecule has 16 heavy (non-hydrogen) atoms. The van der Waals surface area contributed by atoms with E-state index in [9.17, 15) is 9.59 Å². The summed E-state index contributed by atoms with van der Waals surface area (Å²) in [6.07, 6.45) is 1.06. The van der Waals surface area contributed by atoms with Gasteiger partial charge in [-0.1, -0.05) is 46.4 Å². The summed E-state index contributed by atoms with van der Waals surface area (Å²) in [5.41, 5.74) is 9.99. The van der Waals surface area contributed by atoms with Gasteiger partial charge in [0.15, 0.2) is 4.33 Å². The van der Waals surface area contributed by atoms with E-state index in [1.165, 1.54) is 0 Å². The summed E-state index contributed by atoms with van der Waals surface area (Å²) in [5.74, 6) is -2.92. The van der Waals surface area contributed by atoms with Crippen LogP contribution < -0.4 is 11.5 Å². The first-order chi connectivity index (χ1) is 7.18. The number of primary amides is 2. The van der Waals surface area contributed by atoms with Crippen molar-refractivity contribution in [3.63, 3.8) is 0 Å². The predicted octanol–water partition coefficient (Wildman–Crippen LogP) is 1.38. The Morgan fingerprint density at radius 3 is 2.12 bits per heavy atom. The lowest BCUT2D eigenvalue weighted by Gasteiger charge is -2.29. The number of rotatable bonds is 2. The van der Waals surface area contributed by atoms with Gasteiger partial charge in [0, 0.05) is 0 Å². The number of hydrogen-bond acceptors (Lipinski definition) is 2. The van der Waals surface area contributed by atoms with Crippen LogP contribution in [0.4, 0.5) is 0 Å². The Morgan fingerprint density at radius 1 is 1.25 bits per heavy atom. The van der Waals surface area contributed by atoms with Crippen molar-refractivity contribution in [2.24, 2.45) is 17.4 Å². The fraction of sp³-hybridized carbons (Fsp3) is 0.250. The number of hydrogen-bond donors (Lipinski definition) is 2. The maximum atomic E-state index is 11.1. The molecule has 4 N–H and O–H groups in total. The minimum atomic E-state index is -1.74. The molecule has 0 aromatic heterocycles. The first-order valence-corrected chi connectivity index (χ1v) is 5.45. The van der Waals surface area contributed by atoms with E-state index in [1.807, 2.05) is 0 Å². The average Bonchev–Trinajstić information content (AvgIpc) is 2.09. The monoisotopic (exact) mass is 302 g/mol. The van der Waals surface area contributed by atoms with Gasteiger partial charge in [-0.05, 0) is 6.08 Å². The van der Waals surface area contributed by atoms with Gasteiger partial charge in [-0.25, -0.2) is 0 Å². The molecule has 1 aliphatic carbocycles. The number of nitrogens with two attached hydrogens (primary N) is 2. The molecule has 0 aliphatic heterocycles. The molecule has 0 saturated heterocycles. The van der Waals surface area contributed by atoms with E-state index >= 15 is 0 Å². The Hall–Kier alpha value is -0.420. The molecule has 0 bridgehead atoms. The summed E-state index contributed by atoms with van der Waals surface area (Å²) in [6.45, 7) is 0. The van der Waals surface area contributed by atoms with Crippen LogP contribution in [0.3, 0.4) is 0 Å². The molecule has 1 rings (SSSR count). The largest absolute Gasteiger partial charge is 0.369 e. The highest BCUT2D eigenvalue weighted by atomic mass is 35.5. The third-order valence-electron chi connectivity index (χ3n) is 1.97. The molecule has 1 aliphatic rings. The topological polar surface area (TPSA) is 86.2 Å². The zero-order chi connectivity index (χ0) is 12.7. The highest BCUT2D eigenvalue weighted by Gasteiger charge is 2.45. The van der Waals surface area contributed by atoms with Crippen LogP contribution in [0.15, 0.2) is 21.7 Å². The molecule has 0 radical (unpaired) electrons. The van der Waals surface area contributed by atoms with Gasteiger partial charge in [0.05, 0.1) is 15.6 Å².